The average molecular weight is 777 g/mol. The van der Waals surface area contributed by atoms with Crippen LogP contribution in [0.1, 0.15) is 0 Å². The van der Waals surface area contributed by atoms with Crippen LogP contribution < -0.4 is 0 Å². The molecule has 4 nitrogen and oxygen atoms in total. The molecular formula is C57H36N4. The van der Waals surface area contributed by atoms with Crippen molar-refractivity contribution in [3.05, 3.63) is 218 Å². The van der Waals surface area contributed by atoms with Crippen molar-refractivity contribution in [3.63, 3.8) is 0 Å². The number of hydrogen-bond donors (Lipinski definition) is 0. The zero-order chi connectivity index (χ0) is 40.3. The van der Waals surface area contributed by atoms with Crippen molar-refractivity contribution in [2.75, 3.05) is 0 Å². The fraction of sp³-hybridized carbons (Fsp3) is 0. The van der Waals surface area contributed by atoms with E-state index < -0.39 is 0 Å². The molecule has 0 bridgehead atoms. The first kappa shape index (κ1) is 34.8. The number of benzene rings is 10. The molecule has 12 rings (SSSR count). The largest absolute Gasteiger partial charge is 0.309 e. The molecule has 4 heteroatoms. The maximum Gasteiger partial charge on any atom is 0.164 e. The monoisotopic (exact) mass is 776 g/mol. The molecule has 284 valence electrons. The van der Waals surface area contributed by atoms with E-state index in [4.69, 9.17) is 15.0 Å². The van der Waals surface area contributed by atoms with Crippen LogP contribution in [0.3, 0.4) is 0 Å². The number of aromatic nitrogens is 4. The summed E-state index contributed by atoms with van der Waals surface area (Å²) in [7, 11) is 0. The van der Waals surface area contributed by atoms with Crippen LogP contribution in [-0.4, -0.2) is 19.5 Å². The highest BCUT2D eigenvalue weighted by Gasteiger charge is 2.17. The Morgan fingerprint density at radius 1 is 0.230 bits per heavy atom. The van der Waals surface area contributed by atoms with E-state index in [2.05, 4.69) is 162 Å². The van der Waals surface area contributed by atoms with Crippen molar-refractivity contribution in [2.45, 2.75) is 0 Å². The average Bonchev–Trinajstić information content (AvgIpc) is 3.68. The van der Waals surface area contributed by atoms with Crippen molar-refractivity contribution in [2.24, 2.45) is 0 Å². The fourth-order valence-corrected chi connectivity index (χ4v) is 9.10. The van der Waals surface area contributed by atoms with E-state index in [1.54, 1.807) is 0 Å². The standard InChI is InChI=1S/C57H36N4/c1-4-15-37(16-5-1)55-58-56(38-17-6-2-7-18-38)60-57(59-55)43-20-14-19-39(33-43)40-28-31-48-50(34-40)46-24-11-10-23-45(46)47-30-27-41(35-51(47)48)42-29-32-54-52(36-42)49-25-12-13-26-53(49)61(54)44-21-8-3-9-22-44/h1-36H. The summed E-state index contributed by atoms with van der Waals surface area (Å²) >= 11 is 0. The minimum absolute atomic E-state index is 0.641. The van der Waals surface area contributed by atoms with Gasteiger partial charge in [0.25, 0.3) is 0 Å². The Morgan fingerprint density at radius 3 is 1.25 bits per heavy atom. The normalized spacial score (nSPS) is 11.6. The fourth-order valence-electron chi connectivity index (χ4n) is 9.10. The van der Waals surface area contributed by atoms with E-state index in [1.165, 1.54) is 65.3 Å². The van der Waals surface area contributed by atoms with Gasteiger partial charge in [-0.1, -0.05) is 170 Å². The molecule has 12 aromatic rings. The Morgan fingerprint density at radius 2 is 0.623 bits per heavy atom. The number of nitrogens with zero attached hydrogens (tertiary/aromatic N) is 4. The second kappa shape index (κ2) is 14.3. The lowest BCUT2D eigenvalue weighted by molar-refractivity contribution is 1.07. The molecule has 0 N–H and O–H groups in total. The molecule has 0 unspecified atom stereocenters. The molecule has 0 saturated heterocycles. The SMILES string of the molecule is c1ccc(-c2nc(-c3ccccc3)nc(-c3cccc(-c4ccc5c(c4)c4ccccc4c4ccc(-c6ccc7c(c6)c6ccccc6n7-c6ccccc6)cc45)c3)n2)cc1. The summed E-state index contributed by atoms with van der Waals surface area (Å²) in [6.07, 6.45) is 0. The summed E-state index contributed by atoms with van der Waals surface area (Å²) in [5.41, 5.74) is 11.0. The third-order valence-electron chi connectivity index (χ3n) is 12.0. The Kier molecular flexibility index (Phi) is 8.13. The van der Waals surface area contributed by atoms with Crippen LogP contribution in [0, 0.1) is 0 Å². The second-order valence-electron chi connectivity index (χ2n) is 15.6. The second-order valence-corrected chi connectivity index (χ2v) is 15.6. The van der Waals surface area contributed by atoms with Gasteiger partial charge in [-0.25, -0.2) is 15.0 Å². The van der Waals surface area contributed by atoms with Crippen LogP contribution in [0.4, 0.5) is 0 Å². The summed E-state index contributed by atoms with van der Waals surface area (Å²) in [6.45, 7) is 0. The smallest absolute Gasteiger partial charge is 0.164 e. The van der Waals surface area contributed by atoms with Crippen LogP contribution in [0.2, 0.25) is 0 Å². The molecule has 0 aliphatic rings. The molecule has 10 aromatic carbocycles. The molecule has 0 spiro atoms. The van der Waals surface area contributed by atoms with E-state index >= 15 is 0 Å². The highest BCUT2D eigenvalue weighted by molar-refractivity contribution is 6.26. The van der Waals surface area contributed by atoms with E-state index in [9.17, 15) is 0 Å². The minimum Gasteiger partial charge on any atom is -0.309 e. The zero-order valence-electron chi connectivity index (χ0n) is 33.1. The van der Waals surface area contributed by atoms with E-state index in [0.29, 0.717) is 17.5 Å². The number of fused-ring (bicyclic) bond motifs is 9. The van der Waals surface area contributed by atoms with Gasteiger partial charge in [0, 0.05) is 33.2 Å². The van der Waals surface area contributed by atoms with Gasteiger partial charge in [0.2, 0.25) is 0 Å². The van der Waals surface area contributed by atoms with Gasteiger partial charge < -0.3 is 4.57 Å². The van der Waals surface area contributed by atoms with Gasteiger partial charge in [-0.15, -0.1) is 0 Å². The Hall–Kier alpha value is -8.21. The van der Waals surface area contributed by atoms with Crippen LogP contribution in [0.15, 0.2) is 218 Å². The van der Waals surface area contributed by atoms with Crippen molar-refractivity contribution < 1.29 is 0 Å². The van der Waals surface area contributed by atoms with Crippen LogP contribution in [0.5, 0.6) is 0 Å². The van der Waals surface area contributed by atoms with Crippen LogP contribution >= 0.6 is 0 Å². The van der Waals surface area contributed by atoms with Gasteiger partial charge >= 0.3 is 0 Å². The van der Waals surface area contributed by atoms with E-state index in [1.807, 2.05) is 60.7 Å². The molecule has 0 atom stereocenters. The van der Waals surface area contributed by atoms with Gasteiger partial charge in [-0.3, -0.25) is 0 Å². The highest BCUT2D eigenvalue weighted by Crippen LogP contribution is 2.41. The topological polar surface area (TPSA) is 43.6 Å². The van der Waals surface area contributed by atoms with E-state index in [0.717, 1.165) is 33.5 Å². The third-order valence-corrected chi connectivity index (χ3v) is 12.0. The maximum absolute atomic E-state index is 5.02. The number of para-hydroxylation sites is 2. The maximum atomic E-state index is 5.02. The first-order chi connectivity index (χ1) is 30.2. The number of rotatable bonds is 6. The number of hydrogen-bond acceptors (Lipinski definition) is 3. The lowest BCUT2D eigenvalue weighted by Gasteiger charge is -2.14. The highest BCUT2D eigenvalue weighted by atomic mass is 15.0. The predicted octanol–water partition coefficient (Wildman–Crippen LogP) is 14.8. The lowest BCUT2D eigenvalue weighted by Crippen LogP contribution is -2.00. The third kappa shape index (κ3) is 5.96. The quantitative estimate of drug-likeness (QED) is 0.158. The molecule has 61 heavy (non-hydrogen) atoms. The van der Waals surface area contributed by atoms with E-state index in [-0.39, 0.29) is 0 Å². The molecule has 0 radical (unpaired) electrons. The molecule has 0 saturated carbocycles. The summed E-state index contributed by atoms with van der Waals surface area (Å²) in [5, 5.41) is 9.93. The van der Waals surface area contributed by atoms with Crippen molar-refractivity contribution in [1.82, 2.24) is 19.5 Å². The Labute approximate surface area is 352 Å². The molecular weight excluding hydrogens is 741 g/mol. The lowest BCUT2D eigenvalue weighted by atomic mass is 9.90. The first-order valence-electron chi connectivity index (χ1n) is 20.7. The molecule has 0 fully saturated rings. The molecule has 0 amide bonds. The van der Waals surface area contributed by atoms with Gasteiger partial charge in [-0.05, 0) is 103 Å². The summed E-state index contributed by atoms with van der Waals surface area (Å²) < 4.78 is 2.37. The minimum atomic E-state index is 0.641. The van der Waals surface area contributed by atoms with Gasteiger partial charge in [0.1, 0.15) is 0 Å². The molecule has 0 aliphatic heterocycles. The van der Waals surface area contributed by atoms with Crippen molar-refractivity contribution in [3.8, 4) is 62.1 Å². The molecule has 2 aromatic heterocycles. The molecule has 2 heterocycles. The summed E-state index contributed by atoms with van der Waals surface area (Å²) in [4.78, 5) is 14.9. The summed E-state index contributed by atoms with van der Waals surface area (Å²) in [6, 6.07) is 77.8. The Bertz CT molecular complexity index is 3570. The van der Waals surface area contributed by atoms with Gasteiger partial charge in [-0.2, -0.15) is 0 Å². The van der Waals surface area contributed by atoms with Crippen LogP contribution in [0.25, 0.3) is 116 Å². The van der Waals surface area contributed by atoms with Crippen molar-refractivity contribution in [1.29, 1.82) is 0 Å². The Balaban J connectivity index is 0.987. The molecule has 0 aliphatic carbocycles. The van der Waals surface area contributed by atoms with Crippen molar-refractivity contribution >= 4 is 54.1 Å². The zero-order valence-corrected chi connectivity index (χ0v) is 33.1. The van der Waals surface area contributed by atoms with Gasteiger partial charge in [0.15, 0.2) is 17.5 Å². The van der Waals surface area contributed by atoms with Gasteiger partial charge in [0.05, 0.1) is 11.0 Å². The first-order valence-corrected chi connectivity index (χ1v) is 20.7. The van der Waals surface area contributed by atoms with Crippen LogP contribution in [-0.2, 0) is 0 Å². The summed E-state index contributed by atoms with van der Waals surface area (Å²) in [5.74, 6) is 1.94. The predicted molar refractivity (Wildman–Crippen MR) is 254 cm³/mol.